The van der Waals surface area contributed by atoms with Crippen molar-refractivity contribution < 1.29 is 0 Å². The van der Waals surface area contributed by atoms with Crippen molar-refractivity contribution in [2.45, 2.75) is 33.6 Å². The Kier molecular flexibility index (Phi) is 3.97. The SMILES string of the molecule is CCc1nc(Cl)c(-c2ccc(C)cc2)c(CC)n1. The summed E-state index contributed by atoms with van der Waals surface area (Å²) in [6.45, 7) is 6.20. The van der Waals surface area contributed by atoms with Gasteiger partial charge in [0, 0.05) is 12.0 Å². The summed E-state index contributed by atoms with van der Waals surface area (Å²) in [6, 6.07) is 8.31. The lowest BCUT2D eigenvalue weighted by molar-refractivity contribution is 0.891. The van der Waals surface area contributed by atoms with E-state index in [1.807, 2.05) is 6.92 Å². The average Bonchev–Trinajstić information content (AvgIpc) is 2.39. The monoisotopic (exact) mass is 260 g/mol. The molecule has 0 aliphatic heterocycles. The summed E-state index contributed by atoms with van der Waals surface area (Å²) in [5, 5.41) is 0.558. The summed E-state index contributed by atoms with van der Waals surface area (Å²) in [7, 11) is 0. The van der Waals surface area contributed by atoms with Crippen LogP contribution in [0.3, 0.4) is 0 Å². The molecule has 1 aromatic heterocycles. The first kappa shape index (κ1) is 13.0. The Balaban J connectivity index is 2.59. The number of benzene rings is 1. The van der Waals surface area contributed by atoms with Crippen LogP contribution < -0.4 is 0 Å². The molecule has 3 heteroatoms. The van der Waals surface area contributed by atoms with E-state index in [9.17, 15) is 0 Å². The fourth-order valence-electron chi connectivity index (χ4n) is 1.94. The van der Waals surface area contributed by atoms with Crippen molar-refractivity contribution in [1.29, 1.82) is 0 Å². The molecule has 0 radical (unpaired) electrons. The highest BCUT2D eigenvalue weighted by Crippen LogP contribution is 2.29. The number of hydrogen-bond donors (Lipinski definition) is 0. The van der Waals surface area contributed by atoms with Crippen LogP contribution in [-0.2, 0) is 12.8 Å². The normalized spacial score (nSPS) is 10.7. The number of aryl methyl sites for hydroxylation is 3. The summed E-state index contributed by atoms with van der Waals surface area (Å²) < 4.78 is 0. The van der Waals surface area contributed by atoms with Gasteiger partial charge in [-0.1, -0.05) is 55.3 Å². The molecular weight excluding hydrogens is 244 g/mol. The van der Waals surface area contributed by atoms with Crippen LogP contribution in [-0.4, -0.2) is 9.97 Å². The molecule has 0 spiro atoms. The lowest BCUT2D eigenvalue weighted by atomic mass is 10.0. The summed E-state index contributed by atoms with van der Waals surface area (Å²) in [5.41, 5.74) is 4.32. The van der Waals surface area contributed by atoms with E-state index in [-0.39, 0.29) is 0 Å². The molecule has 0 unspecified atom stereocenters. The lowest BCUT2D eigenvalue weighted by Gasteiger charge is -2.11. The Morgan fingerprint density at radius 1 is 1.00 bits per heavy atom. The molecule has 0 N–H and O–H groups in total. The van der Waals surface area contributed by atoms with Gasteiger partial charge in [0.25, 0.3) is 0 Å². The van der Waals surface area contributed by atoms with Gasteiger partial charge in [-0.05, 0) is 18.9 Å². The van der Waals surface area contributed by atoms with Crippen molar-refractivity contribution in [3.05, 3.63) is 46.5 Å². The van der Waals surface area contributed by atoms with E-state index in [2.05, 4.69) is 48.1 Å². The summed E-state index contributed by atoms with van der Waals surface area (Å²) in [6.07, 6.45) is 1.67. The zero-order chi connectivity index (χ0) is 13.1. The minimum atomic E-state index is 0.558. The molecule has 2 rings (SSSR count). The number of rotatable bonds is 3. The van der Waals surface area contributed by atoms with E-state index in [0.29, 0.717) is 5.15 Å². The Morgan fingerprint density at radius 3 is 2.22 bits per heavy atom. The molecule has 0 fully saturated rings. The molecule has 0 aliphatic carbocycles. The van der Waals surface area contributed by atoms with Crippen molar-refractivity contribution >= 4 is 11.6 Å². The number of hydrogen-bond acceptors (Lipinski definition) is 2. The maximum Gasteiger partial charge on any atom is 0.140 e. The standard InChI is InChI=1S/C15H17ClN2/c1-4-12-14(11-8-6-10(3)7-9-11)15(16)18-13(5-2)17-12/h6-9H,4-5H2,1-3H3. The van der Waals surface area contributed by atoms with Gasteiger partial charge in [-0.3, -0.25) is 0 Å². The second-order valence-corrected chi connectivity index (χ2v) is 4.68. The summed E-state index contributed by atoms with van der Waals surface area (Å²) in [5.74, 6) is 0.813. The molecule has 2 aromatic rings. The van der Waals surface area contributed by atoms with Crippen LogP contribution >= 0.6 is 11.6 Å². The van der Waals surface area contributed by atoms with Gasteiger partial charge in [0.15, 0.2) is 0 Å². The molecule has 94 valence electrons. The largest absolute Gasteiger partial charge is 0.237 e. The van der Waals surface area contributed by atoms with Gasteiger partial charge in [0.1, 0.15) is 11.0 Å². The van der Waals surface area contributed by atoms with Gasteiger partial charge in [-0.2, -0.15) is 0 Å². The van der Waals surface area contributed by atoms with E-state index in [1.165, 1.54) is 5.56 Å². The molecule has 2 nitrogen and oxygen atoms in total. The topological polar surface area (TPSA) is 25.8 Å². The average molecular weight is 261 g/mol. The predicted molar refractivity (Wildman–Crippen MR) is 76.0 cm³/mol. The maximum atomic E-state index is 6.32. The highest BCUT2D eigenvalue weighted by Gasteiger charge is 2.13. The second kappa shape index (κ2) is 5.49. The van der Waals surface area contributed by atoms with Crippen LogP contribution in [0, 0.1) is 6.92 Å². The highest BCUT2D eigenvalue weighted by molar-refractivity contribution is 6.32. The fraction of sp³-hybridized carbons (Fsp3) is 0.333. The van der Waals surface area contributed by atoms with Crippen LogP contribution in [0.5, 0.6) is 0 Å². The molecular formula is C15H17ClN2. The second-order valence-electron chi connectivity index (χ2n) is 4.33. The maximum absolute atomic E-state index is 6.32. The molecule has 1 aromatic carbocycles. The molecule has 0 aliphatic rings. The van der Waals surface area contributed by atoms with Gasteiger partial charge in [-0.25, -0.2) is 9.97 Å². The van der Waals surface area contributed by atoms with Crippen molar-refractivity contribution in [2.75, 3.05) is 0 Å². The first-order chi connectivity index (χ1) is 8.65. The third kappa shape index (κ3) is 2.54. The van der Waals surface area contributed by atoms with Crippen molar-refractivity contribution in [3.8, 4) is 11.1 Å². The number of halogens is 1. The first-order valence-corrected chi connectivity index (χ1v) is 6.65. The number of aromatic nitrogens is 2. The van der Waals surface area contributed by atoms with Crippen LogP contribution in [0.1, 0.15) is 30.9 Å². The molecule has 18 heavy (non-hydrogen) atoms. The molecule has 0 bridgehead atoms. The van der Waals surface area contributed by atoms with Gasteiger partial charge in [0.2, 0.25) is 0 Å². The fourth-order valence-corrected chi connectivity index (χ4v) is 2.26. The smallest absolute Gasteiger partial charge is 0.140 e. The zero-order valence-electron chi connectivity index (χ0n) is 11.0. The Bertz CT molecular complexity index is 547. The van der Waals surface area contributed by atoms with E-state index in [4.69, 9.17) is 11.6 Å². The van der Waals surface area contributed by atoms with Crippen LogP contribution in [0.15, 0.2) is 24.3 Å². The minimum Gasteiger partial charge on any atom is -0.237 e. The number of nitrogens with zero attached hydrogens (tertiary/aromatic N) is 2. The van der Waals surface area contributed by atoms with Gasteiger partial charge in [-0.15, -0.1) is 0 Å². The van der Waals surface area contributed by atoms with Crippen LogP contribution in [0.4, 0.5) is 0 Å². The van der Waals surface area contributed by atoms with Gasteiger partial charge in [0.05, 0.1) is 5.69 Å². The van der Waals surface area contributed by atoms with E-state index >= 15 is 0 Å². The Hall–Kier alpha value is -1.41. The summed E-state index contributed by atoms with van der Waals surface area (Å²) >= 11 is 6.32. The van der Waals surface area contributed by atoms with E-state index < -0.39 is 0 Å². The third-order valence-electron chi connectivity index (χ3n) is 2.98. The van der Waals surface area contributed by atoms with Crippen molar-refractivity contribution in [1.82, 2.24) is 9.97 Å². The quantitative estimate of drug-likeness (QED) is 0.772. The third-order valence-corrected chi connectivity index (χ3v) is 3.25. The van der Waals surface area contributed by atoms with Crippen LogP contribution in [0.2, 0.25) is 5.15 Å². The molecule has 0 saturated carbocycles. The Labute approximate surface area is 113 Å². The van der Waals surface area contributed by atoms with Crippen molar-refractivity contribution in [3.63, 3.8) is 0 Å². The summed E-state index contributed by atoms with van der Waals surface area (Å²) in [4.78, 5) is 8.93. The minimum absolute atomic E-state index is 0.558. The lowest BCUT2D eigenvalue weighted by Crippen LogP contribution is -2.02. The molecule has 0 amide bonds. The predicted octanol–water partition coefficient (Wildman–Crippen LogP) is 4.23. The molecule has 0 atom stereocenters. The van der Waals surface area contributed by atoms with Crippen molar-refractivity contribution in [2.24, 2.45) is 0 Å². The van der Waals surface area contributed by atoms with E-state index in [0.717, 1.165) is 35.5 Å². The highest BCUT2D eigenvalue weighted by atomic mass is 35.5. The first-order valence-electron chi connectivity index (χ1n) is 6.28. The zero-order valence-corrected chi connectivity index (χ0v) is 11.8. The Morgan fingerprint density at radius 2 is 1.67 bits per heavy atom. The van der Waals surface area contributed by atoms with Gasteiger partial charge < -0.3 is 0 Å². The molecule has 1 heterocycles. The van der Waals surface area contributed by atoms with Crippen LogP contribution in [0.25, 0.3) is 11.1 Å². The van der Waals surface area contributed by atoms with Gasteiger partial charge >= 0.3 is 0 Å². The molecule has 0 saturated heterocycles. The van der Waals surface area contributed by atoms with E-state index in [1.54, 1.807) is 0 Å².